The van der Waals surface area contributed by atoms with Crippen LogP contribution < -0.4 is 5.32 Å². The Morgan fingerprint density at radius 3 is 2.62 bits per heavy atom. The van der Waals surface area contributed by atoms with E-state index in [0.29, 0.717) is 11.2 Å². The van der Waals surface area contributed by atoms with Crippen LogP contribution in [0.3, 0.4) is 0 Å². The largest absolute Gasteiger partial charge is 0.393 e. The standard InChI is InChI=1S/C19H26ClN3O/c1-12-4-5-13(2)18(10-12)23-19(20)17(14(3)22-23)11-21-15-6-8-16(24)9-7-15/h4-5,10,15-16,21,24H,6-9,11H2,1-3H3. The second-order valence-electron chi connectivity index (χ2n) is 6.94. The molecule has 24 heavy (non-hydrogen) atoms. The number of halogens is 1. The summed E-state index contributed by atoms with van der Waals surface area (Å²) >= 11 is 6.65. The lowest BCUT2D eigenvalue weighted by Crippen LogP contribution is -2.34. The maximum Gasteiger partial charge on any atom is 0.137 e. The summed E-state index contributed by atoms with van der Waals surface area (Å²) in [6.07, 6.45) is 3.67. The molecular formula is C19H26ClN3O. The smallest absolute Gasteiger partial charge is 0.137 e. The van der Waals surface area contributed by atoms with E-state index in [0.717, 1.165) is 54.7 Å². The first kappa shape index (κ1) is 17.5. The molecule has 0 amide bonds. The molecule has 0 bridgehead atoms. The second kappa shape index (κ2) is 7.26. The molecule has 1 heterocycles. The van der Waals surface area contributed by atoms with Crippen molar-refractivity contribution in [3.63, 3.8) is 0 Å². The zero-order valence-electron chi connectivity index (χ0n) is 14.6. The SMILES string of the molecule is Cc1ccc(C)c(-n2nc(C)c(CNC3CCC(O)CC3)c2Cl)c1. The fourth-order valence-electron chi connectivity index (χ4n) is 3.37. The summed E-state index contributed by atoms with van der Waals surface area (Å²) in [5.74, 6) is 0. The van der Waals surface area contributed by atoms with E-state index in [1.165, 1.54) is 5.56 Å². The van der Waals surface area contributed by atoms with Crippen LogP contribution in [0, 0.1) is 20.8 Å². The zero-order chi connectivity index (χ0) is 17.3. The fraction of sp³-hybridized carbons (Fsp3) is 0.526. The van der Waals surface area contributed by atoms with E-state index in [-0.39, 0.29) is 6.10 Å². The molecule has 0 radical (unpaired) electrons. The molecule has 3 rings (SSSR count). The molecule has 0 atom stereocenters. The summed E-state index contributed by atoms with van der Waals surface area (Å²) in [4.78, 5) is 0. The van der Waals surface area contributed by atoms with Gasteiger partial charge in [-0.1, -0.05) is 23.7 Å². The number of hydrogen-bond donors (Lipinski definition) is 2. The Hall–Kier alpha value is -1.36. The van der Waals surface area contributed by atoms with Crippen molar-refractivity contribution >= 4 is 11.6 Å². The van der Waals surface area contributed by atoms with E-state index >= 15 is 0 Å². The lowest BCUT2D eigenvalue weighted by Gasteiger charge is -2.26. The molecule has 1 fully saturated rings. The average Bonchev–Trinajstić information content (AvgIpc) is 2.84. The number of nitrogens with one attached hydrogen (secondary N) is 1. The van der Waals surface area contributed by atoms with Crippen LogP contribution in [0.5, 0.6) is 0 Å². The highest BCUT2D eigenvalue weighted by molar-refractivity contribution is 6.30. The molecule has 130 valence electrons. The van der Waals surface area contributed by atoms with Crippen LogP contribution in [-0.2, 0) is 6.54 Å². The van der Waals surface area contributed by atoms with Crippen LogP contribution in [0.4, 0.5) is 0 Å². The van der Waals surface area contributed by atoms with Crippen molar-refractivity contribution in [1.29, 1.82) is 0 Å². The van der Waals surface area contributed by atoms with Gasteiger partial charge in [-0.15, -0.1) is 0 Å². The van der Waals surface area contributed by atoms with Crippen molar-refractivity contribution in [3.05, 3.63) is 45.7 Å². The lowest BCUT2D eigenvalue weighted by atomic mass is 9.93. The Morgan fingerprint density at radius 2 is 1.92 bits per heavy atom. The van der Waals surface area contributed by atoms with Crippen molar-refractivity contribution in [2.45, 2.75) is 65.1 Å². The van der Waals surface area contributed by atoms with Crippen LogP contribution in [0.1, 0.15) is 48.1 Å². The third-order valence-corrected chi connectivity index (χ3v) is 5.37. The Labute approximate surface area is 148 Å². The van der Waals surface area contributed by atoms with E-state index < -0.39 is 0 Å². The predicted octanol–water partition coefficient (Wildman–Crippen LogP) is 3.84. The van der Waals surface area contributed by atoms with Gasteiger partial charge < -0.3 is 10.4 Å². The molecule has 5 heteroatoms. The van der Waals surface area contributed by atoms with Gasteiger partial charge in [-0.25, -0.2) is 4.68 Å². The third kappa shape index (κ3) is 3.66. The summed E-state index contributed by atoms with van der Waals surface area (Å²) in [5, 5.41) is 18.5. The number of hydrogen-bond acceptors (Lipinski definition) is 3. The third-order valence-electron chi connectivity index (χ3n) is 4.98. The monoisotopic (exact) mass is 347 g/mol. The van der Waals surface area contributed by atoms with Crippen molar-refractivity contribution in [2.75, 3.05) is 0 Å². The Kier molecular flexibility index (Phi) is 5.28. The van der Waals surface area contributed by atoms with E-state index in [1.807, 2.05) is 11.6 Å². The molecule has 1 saturated carbocycles. The predicted molar refractivity (Wildman–Crippen MR) is 97.9 cm³/mol. The van der Waals surface area contributed by atoms with E-state index in [2.05, 4.69) is 42.5 Å². The Bertz CT molecular complexity index is 718. The summed E-state index contributed by atoms with van der Waals surface area (Å²) in [6.45, 7) is 6.88. The van der Waals surface area contributed by atoms with Crippen LogP contribution in [-0.4, -0.2) is 27.0 Å². The normalized spacial score (nSPS) is 21.2. The van der Waals surface area contributed by atoms with Gasteiger partial charge in [-0.3, -0.25) is 0 Å². The minimum absolute atomic E-state index is 0.125. The number of aromatic nitrogens is 2. The van der Waals surface area contributed by atoms with Gasteiger partial charge in [0, 0.05) is 18.2 Å². The Morgan fingerprint density at radius 1 is 1.21 bits per heavy atom. The van der Waals surface area contributed by atoms with Gasteiger partial charge in [0.05, 0.1) is 17.5 Å². The minimum atomic E-state index is -0.125. The minimum Gasteiger partial charge on any atom is -0.393 e. The lowest BCUT2D eigenvalue weighted by molar-refractivity contribution is 0.116. The van der Waals surface area contributed by atoms with E-state index in [9.17, 15) is 5.11 Å². The number of rotatable bonds is 4. The number of benzene rings is 1. The Balaban J connectivity index is 1.78. The highest BCUT2D eigenvalue weighted by Crippen LogP contribution is 2.26. The molecule has 0 aliphatic heterocycles. The van der Waals surface area contributed by atoms with Crippen molar-refractivity contribution in [3.8, 4) is 5.69 Å². The molecule has 1 aliphatic rings. The van der Waals surface area contributed by atoms with Gasteiger partial charge in [0.25, 0.3) is 0 Å². The molecule has 1 aromatic carbocycles. The van der Waals surface area contributed by atoms with Crippen LogP contribution >= 0.6 is 11.6 Å². The van der Waals surface area contributed by atoms with Crippen LogP contribution in [0.2, 0.25) is 5.15 Å². The summed E-state index contributed by atoms with van der Waals surface area (Å²) in [5.41, 5.74) is 5.41. The number of aliphatic hydroxyl groups excluding tert-OH is 1. The average molecular weight is 348 g/mol. The molecule has 4 nitrogen and oxygen atoms in total. The van der Waals surface area contributed by atoms with E-state index in [1.54, 1.807) is 0 Å². The quantitative estimate of drug-likeness (QED) is 0.883. The number of aliphatic hydroxyl groups is 1. The van der Waals surface area contributed by atoms with Crippen LogP contribution in [0.15, 0.2) is 18.2 Å². The van der Waals surface area contributed by atoms with Crippen molar-refractivity contribution < 1.29 is 5.11 Å². The number of aryl methyl sites for hydroxylation is 3. The molecule has 0 saturated heterocycles. The molecule has 1 aromatic heterocycles. The molecule has 1 aliphatic carbocycles. The first-order chi connectivity index (χ1) is 11.5. The molecule has 2 aromatic rings. The van der Waals surface area contributed by atoms with Gasteiger partial charge in [0.2, 0.25) is 0 Å². The first-order valence-electron chi connectivity index (χ1n) is 8.68. The highest BCUT2D eigenvalue weighted by atomic mass is 35.5. The van der Waals surface area contributed by atoms with Gasteiger partial charge in [0.1, 0.15) is 5.15 Å². The maximum absolute atomic E-state index is 9.62. The molecule has 2 N–H and O–H groups in total. The first-order valence-corrected chi connectivity index (χ1v) is 9.06. The second-order valence-corrected chi connectivity index (χ2v) is 7.30. The van der Waals surface area contributed by atoms with Gasteiger partial charge >= 0.3 is 0 Å². The fourth-order valence-corrected chi connectivity index (χ4v) is 3.70. The summed E-state index contributed by atoms with van der Waals surface area (Å²) in [6, 6.07) is 6.77. The number of nitrogens with zero attached hydrogens (tertiary/aromatic N) is 2. The van der Waals surface area contributed by atoms with Crippen LogP contribution in [0.25, 0.3) is 5.69 Å². The van der Waals surface area contributed by atoms with Gasteiger partial charge in [-0.05, 0) is 63.6 Å². The van der Waals surface area contributed by atoms with Gasteiger partial charge in [0.15, 0.2) is 0 Å². The highest BCUT2D eigenvalue weighted by Gasteiger charge is 2.21. The van der Waals surface area contributed by atoms with Gasteiger partial charge in [-0.2, -0.15) is 5.10 Å². The van der Waals surface area contributed by atoms with E-state index in [4.69, 9.17) is 11.6 Å². The summed E-state index contributed by atoms with van der Waals surface area (Å²) in [7, 11) is 0. The van der Waals surface area contributed by atoms with Crippen molar-refractivity contribution in [2.24, 2.45) is 0 Å². The molecule has 0 spiro atoms. The van der Waals surface area contributed by atoms with Crippen molar-refractivity contribution in [1.82, 2.24) is 15.1 Å². The topological polar surface area (TPSA) is 50.1 Å². The zero-order valence-corrected chi connectivity index (χ0v) is 15.4. The summed E-state index contributed by atoms with van der Waals surface area (Å²) < 4.78 is 1.85. The molecule has 0 unspecified atom stereocenters. The maximum atomic E-state index is 9.62. The molecular weight excluding hydrogens is 322 g/mol.